The number of nitrogens with zero attached hydrogens (tertiary/aromatic N) is 2. The molecule has 60 valence electrons. The van der Waals surface area contributed by atoms with Gasteiger partial charge in [0.15, 0.2) is 11.4 Å². The molecule has 0 spiro atoms. The Morgan fingerprint density at radius 3 is 2.91 bits per heavy atom. The second kappa shape index (κ2) is 5.81. The Balaban J connectivity index is 4.11. The molecule has 0 aliphatic carbocycles. The zero-order valence-electron chi connectivity index (χ0n) is 6.66. The lowest BCUT2D eigenvalue weighted by molar-refractivity contribution is 0.925. The summed E-state index contributed by atoms with van der Waals surface area (Å²) in [6.07, 6.45) is 5.39. The highest BCUT2D eigenvalue weighted by molar-refractivity contribution is 8.13. The highest BCUT2D eigenvalue weighted by Crippen LogP contribution is 1.98. The van der Waals surface area contributed by atoms with E-state index in [9.17, 15) is 0 Å². The third-order valence-electron chi connectivity index (χ3n) is 1.02. The van der Waals surface area contributed by atoms with Crippen LogP contribution in [0.4, 0.5) is 0 Å². The molecular formula is C7H11N3S. The van der Waals surface area contributed by atoms with E-state index >= 15 is 0 Å². The summed E-state index contributed by atoms with van der Waals surface area (Å²) in [5, 5.41) is 11.4. The zero-order chi connectivity index (χ0) is 8.69. The normalized spacial score (nSPS) is 13.4. The maximum Gasteiger partial charge on any atom is 0.183 e. The van der Waals surface area contributed by atoms with Crippen molar-refractivity contribution in [3.63, 3.8) is 0 Å². The van der Waals surface area contributed by atoms with Gasteiger partial charge in [-0.25, -0.2) is 0 Å². The molecule has 3 nitrogen and oxygen atoms in total. The molecule has 0 aliphatic heterocycles. The molecule has 11 heavy (non-hydrogen) atoms. The van der Waals surface area contributed by atoms with Gasteiger partial charge >= 0.3 is 0 Å². The Bertz CT molecular complexity index is 192. The van der Waals surface area contributed by atoms with Crippen molar-refractivity contribution in [3.05, 3.63) is 12.7 Å². The summed E-state index contributed by atoms with van der Waals surface area (Å²) in [4.78, 5) is 4.13. The molecule has 0 fully saturated rings. The van der Waals surface area contributed by atoms with E-state index in [2.05, 4.69) is 16.9 Å². The third-order valence-corrected chi connectivity index (χ3v) is 1.61. The fourth-order valence-corrected chi connectivity index (χ4v) is 0.841. The summed E-state index contributed by atoms with van der Waals surface area (Å²) < 4.78 is 0. The van der Waals surface area contributed by atoms with Gasteiger partial charge < -0.3 is 0 Å². The van der Waals surface area contributed by atoms with E-state index in [1.54, 1.807) is 6.08 Å². The summed E-state index contributed by atoms with van der Waals surface area (Å²) in [7, 11) is 0. The number of aliphatic imine (C=N–C) groups is 1. The third kappa shape index (κ3) is 4.45. The van der Waals surface area contributed by atoms with E-state index in [-0.39, 0.29) is 6.04 Å². The van der Waals surface area contributed by atoms with Crippen molar-refractivity contribution in [1.29, 1.82) is 5.26 Å². The van der Waals surface area contributed by atoms with Crippen molar-refractivity contribution in [2.45, 2.75) is 13.0 Å². The molecule has 4 heteroatoms. The minimum atomic E-state index is 0.0540. The first-order chi connectivity index (χ1) is 5.24. The molecule has 1 atom stereocenters. The predicted octanol–water partition coefficient (Wildman–Crippen LogP) is 1.35. The summed E-state index contributed by atoms with van der Waals surface area (Å²) in [6, 6.07) is 0.0540. The molecule has 0 aromatic carbocycles. The number of rotatable bonds is 2. The van der Waals surface area contributed by atoms with Gasteiger partial charge in [-0.1, -0.05) is 17.8 Å². The monoisotopic (exact) mass is 169 g/mol. The molecule has 0 radical (unpaired) electrons. The summed E-state index contributed by atoms with van der Waals surface area (Å²) in [5.74, 6) is 0. The van der Waals surface area contributed by atoms with Crippen LogP contribution in [-0.4, -0.2) is 17.5 Å². The van der Waals surface area contributed by atoms with Crippen molar-refractivity contribution in [2.75, 3.05) is 6.26 Å². The van der Waals surface area contributed by atoms with Crippen LogP contribution in [-0.2, 0) is 0 Å². The predicted molar refractivity (Wildman–Crippen MR) is 49.4 cm³/mol. The van der Waals surface area contributed by atoms with Crippen LogP contribution in [0.5, 0.6) is 0 Å². The van der Waals surface area contributed by atoms with Gasteiger partial charge in [-0.05, 0) is 13.2 Å². The molecule has 0 saturated heterocycles. The smallest absolute Gasteiger partial charge is 0.183 e. The molecule has 0 aliphatic rings. The Kier molecular flexibility index (Phi) is 5.30. The molecule has 0 aromatic rings. The van der Waals surface area contributed by atoms with Gasteiger partial charge in [0, 0.05) is 0 Å². The van der Waals surface area contributed by atoms with Crippen LogP contribution >= 0.6 is 11.8 Å². The van der Waals surface area contributed by atoms with Gasteiger partial charge in [0.1, 0.15) is 0 Å². The Labute approximate surface area is 71.2 Å². The van der Waals surface area contributed by atoms with Crippen LogP contribution in [0.2, 0.25) is 0 Å². The van der Waals surface area contributed by atoms with Crippen LogP contribution in [0.15, 0.2) is 17.6 Å². The first-order valence-corrected chi connectivity index (χ1v) is 4.36. The van der Waals surface area contributed by atoms with Gasteiger partial charge in [-0.2, -0.15) is 5.26 Å². The van der Waals surface area contributed by atoms with Crippen molar-refractivity contribution in [2.24, 2.45) is 4.99 Å². The fraction of sp³-hybridized carbons (Fsp3) is 0.429. The van der Waals surface area contributed by atoms with Crippen molar-refractivity contribution in [3.8, 4) is 6.19 Å². The lowest BCUT2D eigenvalue weighted by Gasteiger charge is -2.01. The van der Waals surface area contributed by atoms with E-state index in [1.165, 1.54) is 11.8 Å². The van der Waals surface area contributed by atoms with Gasteiger partial charge in [-0.3, -0.25) is 10.3 Å². The van der Waals surface area contributed by atoms with Crippen LogP contribution in [0.1, 0.15) is 6.92 Å². The highest BCUT2D eigenvalue weighted by atomic mass is 32.2. The summed E-state index contributed by atoms with van der Waals surface area (Å²) in [5.41, 5.74) is 0. The molecule has 0 saturated carbocycles. The average Bonchev–Trinajstić information content (AvgIpc) is 2.03. The maximum atomic E-state index is 8.27. The van der Waals surface area contributed by atoms with Gasteiger partial charge in [0.25, 0.3) is 0 Å². The minimum absolute atomic E-state index is 0.0540. The lowest BCUT2D eigenvalue weighted by Crippen LogP contribution is -2.15. The number of nitriles is 1. The van der Waals surface area contributed by atoms with Crippen LogP contribution in [0.3, 0.4) is 0 Å². The van der Waals surface area contributed by atoms with Crippen molar-refractivity contribution < 1.29 is 0 Å². The number of amidine groups is 1. The first-order valence-electron chi connectivity index (χ1n) is 3.14. The van der Waals surface area contributed by atoms with Crippen molar-refractivity contribution >= 4 is 16.9 Å². The SMILES string of the molecule is C=CC(C)N=C(NC#N)SC. The summed E-state index contributed by atoms with van der Waals surface area (Å²) >= 11 is 1.41. The molecule has 0 bridgehead atoms. The molecule has 0 rings (SSSR count). The quantitative estimate of drug-likeness (QED) is 0.223. The Hall–Kier alpha value is -0.950. The zero-order valence-corrected chi connectivity index (χ0v) is 7.48. The van der Waals surface area contributed by atoms with E-state index in [1.807, 2.05) is 19.4 Å². The standard InChI is InChI=1S/C7H11N3S/c1-4-6(2)10-7(11-3)9-5-8/h4,6H,1H2,2-3H3,(H,9,10). The lowest BCUT2D eigenvalue weighted by atomic mass is 10.4. The first kappa shape index (κ1) is 10.0. The molecule has 0 aromatic heterocycles. The number of nitrogens with one attached hydrogen (secondary N) is 1. The number of hydrogen-bond acceptors (Lipinski definition) is 3. The van der Waals surface area contributed by atoms with Crippen LogP contribution in [0.25, 0.3) is 0 Å². The number of hydrogen-bond donors (Lipinski definition) is 1. The minimum Gasteiger partial charge on any atom is -0.272 e. The largest absolute Gasteiger partial charge is 0.272 e. The van der Waals surface area contributed by atoms with E-state index in [0.717, 1.165) is 0 Å². The van der Waals surface area contributed by atoms with Crippen LogP contribution < -0.4 is 5.32 Å². The molecule has 1 N–H and O–H groups in total. The number of thioether (sulfide) groups is 1. The van der Waals surface area contributed by atoms with E-state index in [4.69, 9.17) is 5.26 Å². The molecular weight excluding hydrogens is 158 g/mol. The van der Waals surface area contributed by atoms with Gasteiger partial charge in [-0.15, -0.1) is 6.58 Å². The summed E-state index contributed by atoms with van der Waals surface area (Å²) in [6.45, 7) is 5.49. The topological polar surface area (TPSA) is 48.2 Å². The van der Waals surface area contributed by atoms with E-state index < -0.39 is 0 Å². The Morgan fingerprint density at radius 2 is 2.55 bits per heavy atom. The molecule has 0 heterocycles. The van der Waals surface area contributed by atoms with E-state index in [0.29, 0.717) is 5.17 Å². The van der Waals surface area contributed by atoms with Crippen LogP contribution in [0, 0.1) is 11.5 Å². The average molecular weight is 169 g/mol. The Morgan fingerprint density at radius 1 is 1.91 bits per heavy atom. The van der Waals surface area contributed by atoms with Gasteiger partial charge in [0.2, 0.25) is 0 Å². The molecule has 1 unspecified atom stereocenters. The highest BCUT2D eigenvalue weighted by Gasteiger charge is 1.96. The second-order valence-electron chi connectivity index (χ2n) is 1.85. The maximum absolute atomic E-state index is 8.27. The van der Waals surface area contributed by atoms with Gasteiger partial charge in [0.05, 0.1) is 6.04 Å². The fourth-order valence-electron chi connectivity index (χ4n) is 0.421. The van der Waals surface area contributed by atoms with Crippen molar-refractivity contribution in [1.82, 2.24) is 5.32 Å². The molecule has 0 amide bonds. The second-order valence-corrected chi connectivity index (χ2v) is 2.65.